The molecular formula is C14H18BrNO. The first-order valence-corrected chi connectivity index (χ1v) is 6.96. The van der Waals surface area contributed by atoms with E-state index in [0.717, 1.165) is 41.5 Å². The molecule has 0 bridgehead atoms. The molecular weight excluding hydrogens is 278 g/mol. The molecule has 2 rings (SSSR count). The van der Waals surface area contributed by atoms with Crippen LogP contribution in [0.4, 0.5) is 0 Å². The minimum atomic E-state index is 0.288. The monoisotopic (exact) mass is 295 g/mol. The van der Waals surface area contributed by atoms with Crippen LogP contribution >= 0.6 is 15.9 Å². The van der Waals surface area contributed by atoms with Crippen molar-refractivity contribution in [3.05, 3.63) is 33.8 Å². The van der Waals surface area contributed by atoms with Gasteiger partial charge in [-0.3, -0.25) is 4.79 Å². The summed E-state index contributed by atoms with van der Waals surface area (Å²) in [4.78, 5) is 12.2. The number of hydrogen-bond acceptors (Lipinski definition) is 2. The highest BCUT2D eigenvalue weighted by atomic mass is 79.9. The van der Waals surface area contributed by atoms with Gasteiger partial charge in [-0.05, 0) is 56.5 Å². The number of hydrogen-bond donors (Lipinski definition) is 1. The third kappa shape index (κ3) is 3.39. The lowest BCUT2D eigenvalue weighted by Gasteiger charge is -2.22. The maximum Gasteiger partial charge on any atom is 0.163 e. The molecule has 0 aliphatic carbocycles. The molecule has 0 spiro atoms. The fourth-order valence-corrected chi connectivity index (χ4v) is 2.71. The second-order valence-electron chi connectivity index (χ2n) is 4.78. The van der Waals surface area contributed by atoms with E-state index < -0.39 is 0 Å². The molecule has 0 aromatic heterocycles. The van der Waals surface area contributed by atoms with E-state index in [1.165, 1.54) is 0 Å². The van der Waals surface area contributed by atoms with Crippen LogP contribution in [0.25, 0.3) is 0 Å². The van der Waals surface area contributed by atoms with Crippen LogP contribution in [0, 0.1) is 12.8 Å². The second kappa shape index (κ2) is 5.78. The highest BCUT2D eigenvalue weighted by Gasteiger charge is 2.18. The second-order valence-corrected chi connectivity index (χ2v) is 5.70. The van der Waals surface area contributed by atoms with Crippen molar-refractivity contribution in [2.45, 2.75) is 26.2 Å². The van der Waals surface area contributed by atoms with E-state index in [-0.39, 0.29) is 5.78 Å². The van der Waals surface area contributed by atoms with E-state index in [1.807, 2.05) is 25.1 Å². The third-order valence-electron chi connectivity index (χ3n) is 3.43. The summed E-state index contributed by atoms with van der Waals surface area (Å²) in [5, 5.41) is 3.33. The number of carbonyl (C=O) groups is 1. The van der Waals surface area contributed by atoms with Gasteiger partial charge < -0.3 is 5.32 Å². The summed E-state index contributed by atoms with van der Waals surface area (Å²) < 4.78 is 0.983. The van der Waals surface area contributed by atoms with E-state index in [1.54, 1.807) is 0 Å². The van der Waals surface area contributed by atoms with E-state index in [4.69, 9.17) is 0 Å². The molecule has 1 saturated heterocycles. The zero-order valence-corrected chi connectivity index (χ0v) is 11.7. The molecule has 3 heteroatoms. The Labute approximate surface area is 111 Å². The van der Waals surface area contributed by atoms with E-state index in [2.05, 4.69) is 21.2 Å². The Morgan fingerprint density at radius 1 is 1.41 bits per heavy atom. The van der Waals surface area contributed by atoms with E-state index in [9.17, 15) is 4.79 Å². The van der Waals surface area contributed by atoms with Gasteiger partial charge in [-0.15, -0.1) is 0 Å². The largest absolute Gasteiger partial charge is 0.317 e. The Balaban J connectivity index is 2.05. The van der Waals surface area contributed by atoms with Crippen LogP contribution in [0.3, 0.4) is 0 Å². The van der Waals surface area contributed by atoms with Crippen LogP contribution in [0.1, 0.15) is 35.2 Å². The maximum atomic E-state index is 12.2. The van der Waals surface area contributed by atoms with Gasteiger partial charge in [-0.2, -0.15) is 0 Å². The number of halogens is 1. The van der Waals surface area contributed by atoms with Crippen LogP contribution in [-0.2, 0) is 0 Å². The zero-order valence-electron chi connectivity index (χ0n) is 10.1. The van der Waals surface area contributed by atoms with Crippen LogP contribution < -0.4 is 5.32 Å². The summed E-state index contributed by atoms with van der Waals surface area (Å²) in [6, 6.07) is 5.93. The fourth-order valence-electron chi connectivity index (χ4n) is 2.35. The third-order valence-corrected chi connectivity index (χ3v) is 3.93. The first-order chi connectivity index (χ1) is 8.16. The summed E-state index contributed by atoms with van der Waals surface area (Å²) in [7, 11) is 0. The normalized spacial score (nSPS) is 17.1. The molecule has 1 aliphatic rings. The lowest BCUT2D eigenvalue weighted by Crippen LogP contribution is -2.29. The van der Waals surface area contributed by atoms with Crippen molar-refractivity contribution < 1.29 is 4.79 Å². The van der Waals surface area contributed by atoms with Gasteiger partial charge in [0.25, 0.3) is 0 Å². The molecule has 0 atom stereocenters. The first kappa shape index (κ1) is 12.8. The minimum absolute atomic E-state index is 0.288. The predicted molar refractivity (Wildman–Crippen MR) is 73.4 cm³/mol. The van der Waals surface area contributed by atoms with Crippen molar-refractivity contribution in [2.24, 2.45) is 5.92 Å². The molecule has 0 radical (unpaired) electrons. The molecule has 0 saturated carbocycles. The maximum absolute atomic E-state index is 12.2. The van der Waals surface area contributed by atoms with Gasteiger partial charge in [0.1, 0.15) is 0 Å². The molecule has 1 fully saturated rings. The Bertz CT molecular complexity index is 411. The standard InChI is InChI=1S/C14H18BrNO/c1-10-2-3-12(15)9-13(10)14(17)8-11-4-6-16-7-5-11/h2-3,9,11,16H,4-8H2,1H3. The van der Waals surface area contributed by atoms with Gasteiger partial charge in [0.05, 0.1) is 0 Å². The number of ketones is 1. The molecule has 2 nitrogen and oxygen atoms in total. The number of nitrogens with one attached hydrogen (secondary N) is 1. The van der Waals surface area contributed by atoms with Crippen molar-refractivity contribution in [3.63, 3.8) is 0 Å². The molecule has 0 unspecified atom stereocenters. The molecule has 0 amide bonds. The Morgan fingerprint density at radius 2 is 2.12 bits per heavy atom. The van der Waals surface area contributed by atoms with Gasteiger partial charge >= 0.3 is 0 Å². The van der Waals surface area contributed by atoms with Crippen molar-refractivity contribution in [1.82, 2.24) is 5.32 Å². The topological polar surface area (TPSA) is 29.1 Å². The van der Waals surface area contributed by atoms with Crippen LogP contribution in [0.2, 0.25) is 0 Å². The predicted octanol–water partition coefficient (Wildman–Crippen LogP) is 3.33. The molecule has 1 N–H and O–H groups in total. The molecule has 1 heterocycles. The number of rotatable bonds is 3. The summed E-state index contributed by atoms with van der Waals surface area (Å²) in [5.74, 6) is 0.845. The van der Waals surface area contributed by atoms with Gasteiger partial charge in [0.2, 0.25) is 0 Å². The SMILES string of the molecule is Cc1ccc(Br)cc1C(=O)CC1CCNCC1. The highest BCUT2D eigenvalue weighted by Crippen LogP contribution is 2.22. The number of Topliss-reactive ketones (excluding diaryl/α,β-unsaturated/α-hetero) is 1. The fraction of sp³-hybridized carbons (Fsp3) is 0.500. The number of carbonyl (C=O) groups excluding carboxylic acids is 1. The van der Waals surface area contributed by atoms with Crippen molar-refractivity contribution in [2.75, 3.05) is 13.1 Å². The van der Waals surface area contributed by atoms with Crippen LogP contribution in [-0.4, -0.2) is 18.9 Å². The van der Waals surface area contributed by atoms with Crippen molar-refractivity contribution >= 4 is 21.7 Å². The van der Waals surface area contributed by atoms with E-state index in [0.29, 0.717) is 12.3 Å². The average molecular weight is 296 g/mol. The minimum Gasteiger partial charge on any atom is -0.317 e. The average Bonchev–Trinajstić information content (AvgIpc) is 2.33. The zero-order chi connectivity index (χ0) is 12.3. The lowest BCUT2D eigenvalue weighted by atomic mass is 9.89. The van der Waals surface area contributed by atoms with Crippen molar-refractivity contribution in [1.29, 1.82) is 0 Å². The smallest absolute Gasteiger partial charge is 0.163 e. The Morgan fingerprint density at radius 3 is 2.82 bits per heavy atom. The van der Waals surface area contributed by atoms with Gasteiger partial charge in [-0.25, -0.2) is 0 Å². The summed E-state index contributed by atoms with van der Waals surface area (Å²) in [6.07, 6.45) is 2.94. The van der Waals surface area contributed by atoms with Crippen LogP contribution in [0.5, 0.6) is 0 Å². The highest BCUT2D eigenvalue weighted by molar-refractivity contribution is 9.10. The summed E-state index contributed by atoms with van der Waals surface area (Å²) >= 11 is 3.43. The Hall–Kier alpha value is -0.670. The lowest BCUT2D eigenvalue weighted by molar-refractivity contribution is 0.0952. The number of benzene rings is 1. The molecule has 92 valence electrons. The van der Waals surface area contributed by atoms with Crippen molar-refractivity contribution in [3.8, 4) is 0 Å². The molecule has 17 heavy (non-hydrogen) atoms. The van der Waals surface area contributed by atoms with Gasteiger partial charge in [0.15, 0.2) is 5.78 Å². The number of aryl methyl sites for hydroxylation is 1. The van der Waals surface area contributed by atoms with Gasteiger partial charge in [0, 0.05) is 16.5 Å². The Kier molecular flexibility index (Phi) is 4.35. The molecule has 1 aliphatic heterocycles. The number of piperidine rings is 1. The quantitative estimate of drug-likeness (QED) is 0.867. The first-order valence-electron chi connectivity index (χ1n) is 6.17. The molecule has 1 aromatic carbocycles. The molecule has 1 aromatic rings. The summed E-state index contributed by atoms with van der Waals surface area (Å²) in [5.41, 5.74) is 1.95. The van der Waals surface area contributed by atoms with Gasteiger partial charge in [-0.1, -0.05) is 22.0 Å². The van der Waals surface area contributed by atoms with E-state index >= 15 is 0 Å². The van der Waals surface area contributed by atoms with Crippen LogP contribution in [0.15, 0.2) is 22.7 Å². The summed E-state index contributed by atoms with van der Waals surface area (Å²) in [6.45, 7) is 4.10.